The maximum atomic E-state index is 14.4. The Hall–Kier alpha value is -8.63. The maximum Gasteiger partial charge on any atom is 0.416 e. The van der Waals surface area contributed by atoms with Crippen LogP contribution in [0.25, 0.3) is 43.4 Å². The van der Waals surface area contributed by atoms with Gasteiger partial charge in [-0.25, -0.2) is 44.5 Å². The van der Waals surface area contributed by atoms with Crippen molar-refractivity contribution in [2.24, 2.45) is 11.8 Å². The van der Waals surface area contributed by atoms with E-state index in [0.717, 1.165) is 62.8 Å². The topological polar surface area (TPSA) is 369 Å². The predicted octanol–water partition coefficient (Wildman–Crippen LogP) is 8.54. The van der Waals surface area contributed by atoms with Gasteiger partial charge in [0, 0.05) is 58.7 Å². The van der Waals surface area contributed by atoms with E-state index in [0.29, 0.717) is 88.7 Å². The molecule has 474 valence electrons. The zero-order valence-corrected chi connectivity index (χ0v) is 54.1. The molecule has 10 rings (SSSR count). The minimum Gasteiger partial charge on any atom is -0.481 e. The van der Waals surface area contributed by atoms with Gasteiger partial charge >= 0.3 is 18.0 Å². The molecule has 6 amide bonds. The molecule has 7 aromatic heterocycles. The van der Waals surface area contributed by atoms with Gasteiger partial charge in [-0.2, -0.15) is 0 Å². The van der Waals surface area contributed by atoms with Gasteiger partial charge in [0.25, 0.3) is 17.7 Å². The van der Waals surface area contributed by atoms with Gasteiger partial charge in [-0.3, -0.25) is 33.7 Å². The number of aryl methyl sites for hydroxylation is 1. The van der Waals surface area contributed by atoms with Crippen molar-refractivity contribution in [3.05, 3.63) is 124 Å². The smallest absolute Gasteiger partial charge is 0.416 e. The van der Waals surface area contributed by atoms with Crippen molar-refractivity contribution in [1.29, 1.82) is 0 Å². The molecule has 10 bridgehead atoms. The molecule has 4 atom stereocenters. The second kappa shape index (κ2) is 29.1. The SMILES string of the molecule is CNC(=O)C[C@@H]1NC(=O)c2csc(n2)-c2ccc(-c3nc(N(C/C=C/C(=O)O)C(=O)OC4CCC(C(=O)O)CC4)cs3)nc2-c2csc(n2)-c2csc(n2)[C@H]([C@@H](O)c2ccccc2)NC(=O)CNC(=O)c2nc(sc2COC)[C@H](C(C)C)NC(=O)c2nc1sc2C. The molecule has 1 aromatic carbocycles. The van der Waals surface area contributed by atoms with E-state index in [1.54, 1.807) is 70.9 Å². The molecule has 1 aliphatic carbocycles. The number of hydrogen-bond donors (Lipinski definition) is 8. The van der Waals surface area contributed by atoms with E-state index in [9.17, 15) is 53.7 Å². The van der Waals surface area contributed by atoms with Crippen molar-refractivity contribution in [3.63, 3.8) is 0 Å². The van der Waals surface area contributed by atoms with Crippen LogP contribution in [0.2, 0.25) is 0 Å². The molecule has 8 aromatic rings. The van der Waals surface area contributed by atoms with Gasteiger partial charge in [0.1, 0.15) is 88.3 Å². The second-order valence-electron chi connectivity index (χ2n) is 21.2. The normalized spacial score (nSPS) is 18.6. The Bertz CT molecular complexity index is 4050. The molecular weight excluding hydrogens is 1290 g/mol. The number of thiazole rings is 6. The molecule has 0 saturated heterocycles. The third-order valence-corrected chi connectivity index (χ3v) is 20.3. The van der Waals surface area contributed by atoms with Crippen molar-refractivity contribution >= 4 is 121 Å². The average molecular weight is 1350 g/mol. The fraction of sp³-hybridized carbons (Fsp3) is 0.339. The number of carboxylic acids is 2. The first-order valence-corrected chi connectivity index (χ1v) is 33.4. The number of aliphatic hydroxyl groups excluding tert-OH is 1. The molecule has 1 aliphatic heterocycles. The Balaban J connectivity index is 1.04. The molecule has 26 nitrogen and oxygen atoms in total. The molecular formula is C59H59N13O13S6. The van der Waals surface area contributed by atoms with E-state index in [2.05, 4.69) is 36.6 Å². The van der Waals surface area contributed by atoms with E-state index in [1.807, 2.05) is 13.8 Å². The number of carbonyl (C=O) groups excluding carboxylic acids is 6. The summed E-state index contributed by atoms with van der Waals surface area (Å²) in [7, 11) is 2.91. The van der Waals surface area contributed by atoms with Crippen LogP contribution in [0.3, 0.4) is 0 Å². The zero-order valence-electron chi connectivity index (χ0n) is 49.2. The molecule has 0 radical (unpaired) electrons. The molecule has 8 heterocycles. The summed E-state index contributed by atoms with van der Waals surface area (Å²) in [4.78, 5) is 143. The number of anilines is 1. The molecule has 1 fully saturated rings. The Kier molecular flexibility index (Phi) is 20.9. The number of aliphatic carboxylic acids is 2. The number of carbonyl (C=O) groups is 8. The Morgan fingerprint density at radius 3 is 2.14 bits per heavy atom. The van der Waals surface area contributed by atoms with E-state index in [-0.39, 0.29) is 59.1 Å². The van der Waals surface area contributed by atoms with Gasteiger partial charge in [-0.15, -0.1) is 68.0 Å². The highest BCUT2D eigenvalue weighted by molar-refractivity contribution is 7.15. The number of nitrogens with one attached hydrogen (secondary N) is 5. The van der Waals surface area contributed by atoms with Gasteiger partial charge in [0.2, 0.25) is 11.8 Å². The van der Waals surface area contributed by atoms with Gasteiger partial charge in [-0.1, -0.05) is 50.3 Å². The quantitative estimate of drug-likeness (QED) is 0.0472. The maximum absolute atomic E-state index is 14.4. The highest BCUT2D eigenvalue weighted by atomic mass is 32.1. The highest BCUT2D eigenvalue weighted by Gasteiger charge is 2.34. The fourth-order valence-electron chi connectivity index (χ4n) is 9.85. The Morgan fingerprint density at radius 2 is 1.42 bits per heavy atom. The van der Waals surface area contributed by atoms with Crippen molar-refractivity contribution in [2.75, 3.05) is 32.1 Å². The summed E-state index contributed by atoms with van der Waals surface area (Å²) in [5.74, 6) is -5.87. The summed E-state index contributed by atoms with van der Waals surface area (Å²) in [5.41, 5.74) is 2.22. The van der Waals surface area contributed by atoms with Gasteiger partial charge in [0.15, 0.2) is 0 Å². The number of benzene rings is 1. The summed E-state index contributed by atoms with van der Waals surface area (Å²) < 4.78 is 11.3. The predicted molar refractivity (Wildman–Crippen MR) is 341 cm³/mol. The first kappa shape index (κ1) is 65.3. The Labute approximate surface area is 543 Å². The van der Waals surface area contributed by atoms with Crippen LogP contribution in [-0.2, 0) is 35.3 Å². The number of hydrogen-bond acceptors (Lipinski definition) is 24. The molecule has 32 heteroatoms. The number of fused-ring (bicyclic) bond motifs is 14. The van der Waals surface area contributed by atoms with E-state index in [4.69, 9.17) is 34.4 Å². The van der Waals surface area contributed by atoms with Crippen LogP contribution < -0.4 is 31.5 Å². The largest absolute Gasteiger partial charge is 0.481 e. The van der Waals surface area contributed by atoms with Crippen LogP contribution in [0.1, 0.15) is 132 Å². The van der Waals surface area contributed by atoms with Crippen LogP contribution in [0.15, 0.2) is 76.1 Å². The fourth-order valence-corrected chi connectivity index (χ4v) is 15.4. The molecule has 2 aliphatic rings. The summed E-state index contributed by atoms with van der Waals surface area (Å²) >= 11 is 6.91. The lowest BCUT2D eigenvalue weighted by molar-refractivity contribution is -0.143. The van der Waals surface area contributed by atoms with Gasteiger partial charge in [0.05, 0.1) is 48.1 Å². The number of amides is 6. The Morgan fingerprint density at radius 1 is 0.714 bits per heavy atom. The van der Waals surface area contributed by atoms with Crippen molar-refractivity contribution in [1.82, 2.24) is 61.5 Å². The van der Waals surface area contributed by atoms with Crippen LogP contribution in [0.5, 0.6) is 0 Å². The number of methoxy groups -OCH3 is 1. The van der Waals surface area contributed by atoms with Gasteiger partial charge in [-0.05, 0) is 56.2 Å². The number of aromatic nitrogens is 7. The van der Waals surface area contributed by atoms with Crippen LogP contribution in [0.4, 0.5) is 10.6 Å². The molecule has 8 N–H and O–H groups in total. The van der Waals surface area contributed by atoms with Crippen LogP contribution >= 0.6 is 68.0 Å². The summed E-state index contributed by atoms with van der Waals surface area (Å²) in [6, 6.07) is 9.18. The number of aliphatic hydroxyl groups is 1. The van der Waals surface area contributed by atoms with E-state index >= 15 is 0 Å². The summed E-state index contributed by atoms with van der Waals surface area (Å²) in [5, 5.41) is 53.6. The molecule has 0 spiro atoms. The van der Waals surface area contributed by atoms with Crippen LogP contribution in [-0.4, -0.2) is 131 Å². The number of ether oxygens (including phenoxy) is 2. The lowest BCUT2D eigenvalue weighted by Crippen LogP contribution is -2.40. The molecule has 0 unspecified atom stereocenters. The third-order valence-electron chi connectivity index (χ3n) is 14.6. The third kappa shape index (κ3) is 15.4. The number of rotatable bonds is 14. The van der Waals surface area contributed by atoms with Crippen molar-refractivity contribution in [2.45, 2.75) is 89.8 Å². The number of pyridine rings is 1. The minimum atomic E-state index is -1.31. The zero-order chi connectivity index (χ0) is 64.6. The average Bonchev–Trinajstić information content (AvgIpc) is 1.75. The minimum absolute atomic E-state index is 0.0167. The highest BCUT2D eigenvalue weighted by Crippen LogP contribution is 2.41. The lowest BCUT2D eigenvalue weighted by atomic mass is 9.87. The second-order valence-corrected chi connectivity index (χ2v) is 27.0. The molecule has 91 heavy (non-hydrogen) atoms. The standard InChI is InChI=1S/C59H59N13O13S6/c1-27(2)43-57-71-46(38(91-57)22-84-5)50(79)61-21-41(74)68-47(48(77)29-10-7-6-8-11-29)56-66-37(25-88-56)54-64-35(23-87-54)45-32(52-65-36(24-86-52)49(78)63-34(20-40(73)60-4)55-70-44(28(3)90-55)51(80)69-43)17-18-33(62-45)53-67-39(26-89-53)72(19-9-12-42(75)76)59(83)85-31-15-13-30(14-16-31)58(81)82/h6-12,17-18,23-27,30-31,34,43,47-48,77H,13-16,19-22H2,1-5H3,(H,60,73)(H,61,79)(H,63,78)(H,68,74)(H,69,80)(H,75,76)(H,81,82)/b12-9+/t30?,31?,34-,43-,47-,48-/m0/s1. The monoisotopic (exact) mass is 1350 g/mol. The van der Waals surface area contributed by atoms with E-state index < -0.39 is 90.4 Å². The van der Waals surface area contributed by atoms with Gasteiger partial charge < -0.3 is 51.4 Å². The van der Waals surface area contributed by atoms with Crippen LogP contribution in [0, 0.1) is 18.8 Å². The number of carboxylic acid groups (broad SMARTS) is 2. The lowest BCUT2D eigenvalue weighted by Gasteiger charge is -2.28. The summed E-state index contributed by atoms with van der Waals surface area (Å²) in [6.07, 6.45) is 0.497. The number of nitrogens with zero attached hydrogens (tertiary/aromatic N) is 8. The van der Waals surface area contributed by atoms with E-state index in [1.165, 1.54) is 36.5 Å². The van der Waals surface area contributed by atoms with Crippen molar-refractivity contribution in [3.8, 4) is 43.4 Å². The van der Waals surface area contributed by atoms with Crippen molar-refractivity contribution < 1.29 is 63.1 Å². The first-order chi connectivity index (χ1) is 43.7. The first-order valence-electron chi connectivity index (χ1n) is 28.3. The summed E-state index contributed by atoms with van der Waals surface area (Å²) in [6.45, 7) is 4.64. The molecule has 1 saturated carbocycles.